The first-order chi connectivity index (χ1) is 32.6. The third kappa shape index (κ3) is 8.56. The van der Waals surface area contributed by atoms with Gasteiger partial charge in [-0.2, -0.15) is 0 Å². The summed E-state index contributed by atoms with van der Waals surface area (Å²) in [5.41, 5.74) is 14.3. The standard InChI is InChI=1S/C62H55N4OSe.Pt/c1-60(2,3)42-32-44(36-46(33-42)67-45-28-29-48-47-24-16-17-25-53(47)66(56(48)37-45)57-38-52(62(7,8)9)49-30-31-68-59(49)63-57)64-39-65(55-27-19-18-26-54(55)64)58-50(40-20-12-10-13-21-40)34-43(61(4,5)6)35-51(58)41-22-14-11-15-23-41;/h10-35,38-39H,1-9H3;/q-3;. The minimum absolute atomic E-state index is 0. The predicted octanol–water partition coefficient (Wildman–Crippen LogP) is 16.4. The van der Waals surface area contributed by atoms with E-state index in [0.29, 0.717) is 11.5 Å². The molecule has 4 heterocycles. The van der Waals surface area contributed by atoms with Gasteiger partial charge in [0.2, 0.25) is 0 Å². The molecule has 0 spiro atoms. The van der Waals surface area contributed by atoms with E-state index in [1.807, 2.05) is 6.07 Å². The molecule has 0 saturated carbocycles. The van der Waals surface area contributed by atoms with Gasteiger partial charge in [-0.1, -0.05) is 114 Å². The number of pyridine rings is 1. The maximum atomic E-state index is 6.95. The molecular formula is C62H55N4OPtSe-3. The summed E-state index contributed by atoms with van der Waals surface area (Å²) in [5, 5.41) is 3.53. The number of para-hydroxylation sites is 3. The summed E-state index contributed by atoms with van der Waals surface area (Å²) in [5.74, 6) is 2.15. The van der Waals surface area contributed by atoms with E-state index in [1.54, 1.807) is 0 Å². The van der Waals surface area contributed by atoms with E-state index >= 15 is 0 Å². The van der Waals surface area contributed by atoms with Crippen LogP contribution in [0.4, 0.5) is 22.7 Å². The van der Waals surface area contributed by atoms with Gasteiger partial charge in [0.15, 0.2) is 0 Å². The van der Waals surface area contributed by atoms with E-state index in [0.717, 1.165) is 55.9 Å². The van der Waals surface area contributed by atoms with Crippen molar-refractivity contribution >= 4 is 68.8 Å². The first-order valence-corrected chi connectivity index (χ1v) is 25.4. The zero-order valence-electron chi connectivity index (χ0n) is 40.6. The van der Waals surface area contributed by atoms with Crippen LogP contribution in [0, 0.1) is 18.8 Å². The fourth-order valence-corrected chi connectivity index (χ4v) is 11.2. The smallest absolute Gasteiger partial charge is 0.472 e. The summed E-state index contributed by atoms with van der Waals surface area (Å²) in [4.78, 5) is 12.3. The summed E-state index contributed by atoms with van der Waals surface area (Å²) in [6, 6.07) is 64.3. The van der Waals surface area contributed by atoms with Gasteiger partial charge in [0.1, 0.15) is 0 Å². The van der Waals surface area contributed by atoms with Gasteiger partial charge < -0.3 is 4.90 Å². The molecule has 0 atom stereocenters. The van der Waals surface area contributed by atoms with Crippen molar-refractivity contribution in [2.75, 3.05) is 9.80 Å². The molecule has 1 aliphatic rings. The van der Waals surface area contributed by atoms with Crippen molar-refractivity contribution < 1.29 is 25.8 Å². The maximum absolute atomic E-state index is 6.95. The molecule has 1 aliphatic heterocycles. The average molecular weight is 1150 g/mol. The molecule has 3 aromatic heterocycles. The van der Waals surface area contributed by atoms with E-state index in [2.05, 4.69) is 252 Å². The number of hydrogen-bond donors (Lipinski definition) is 0. The van der Waals surface area contributed by atoms with Crippen molar-refractivity contribution in [1.82, 2.24) is 9.55 Å². The van der Waals surface area contributed by atoms with Crippen LogP contribution in [0.15, 0.2) is 163 Å². The summed E-state index contributed by atoms with van der Waals surface area (Å²) in [6.07, 6.45) is 0. The van der Waals surface area contributed by atoms with Crippen molar-refractivity contribution in [3.63, 3.8) is 0 Å². The zero-order valence-corrected chi connectivity index (χ0v) is 44.6. The van der Waals surface area contributed by atoms with Crippen LogP contribution < -0.4 is 14.5 Å². The molecule has 0 aliphatic carbocycles. The summed E-state index contributed by atoms with van der Waals surface area (Å²) in [6.45, 7) is 22.7. The number of nitrogens with zero attached hydrogens (tertiary/aromatic N) is 4. The van der Waals surface area contributed by atoms with Gasteiger partial charge in [-0.3, -0.25) is 0 Å². The monoisotopic (exact) mass is 1150 g/mol. The van der Waals surface area contributed by atoms with E-state index in [-0.39, 0.29) is 51.8 Å². The Morgan fingerprint density at radius 3 is 1.77 bits per heavy atom. The minimum Gasteiger partial charge on any atom is -0.472 e. The number of fused-ring (bicyclic) bond motifs is 5. The molecule has 0 N–H and O–H groups in total. The first-order valence-electron chi connectivity index (χ1n) is 23.5. The van der Waals surface area contributed by atoms with Crippen molar-refractivity contribution in [1.29, 1.82) is 0 Å². The van der Waals surface area contributed by atoms with Gasteiger partial charge in [0.05, 0.1) is 0 Å². The Hall–Kier alpha value is -6.16. The second kappa shape index (κ2) is 17.7. The Balaban J connectivity index is 0.00000553. The molecule has 0 bridgehead atoms. The van der Waals surface area contributed by atoms with Gasteiger partial charge in [-0.15, -0.1) is 6.67 Å². The van der Waals surface area contributed by atoms with Crippen molar-refractivity contribution in [2.24, 2.45) is 0 Å². The number of ether oxygens (including phenoxy) is 1. The molecule has 0 fully saturated rings. The first kappa shape index (κ1) is 46.6. The van der Waals surface area contributed by atoms with Crippen LogP contribution in [-0.2, 0) is 37.3 Å². The fraction of sp³-hybridized carbons (Fsp3) is 0.194. The third-order valence-electron chi connectivity index (χ3n) is 13.2. The number of hydrogen-bond acceptors (Lipinski definition) is 4. The SMILES string of the molecule is CC(C)(C)c1cc(Oc2[c-]c3c(cc2)c2ccccc2n3-c2cc(C(C)(C)C)c3cc[se]c3n2)[c-]c(N2[CH-]N(c3c(-c4ccccc4)cc(C(C)(C)C)cc3-c3ccccc3)c3ccccc32)c1.[Pt]. The molecule has 5 nitrogen and oxygen atoms in total. The molecular weight excluding hydrogens is 1090 g/mol. The zero-order chi connectivity index (χ0) is 47.1. The van der Waals surface area contributed by atoms with E-state index in [9.17, 15) is 0 Å². The van der Waals surface area contributed by atoms with Gasteiger partial charge in [0, 0.05) is 49.3 Å². The number of benzene rings is 7. The van der Waals surface area contributed by atoms with E-state index in [1.165, 1.54) is 43.2 Å². The molecule has 10 aromatic rings. The van der Waals surface area contributed by atoms with Crippen LogP contribution in [0.5, 0.6) is 11.5 Å². The fourth-order valence-electron chi connectivity index (χ4n) is 9.59. The number of rotatable bonds is 7. The molecule has 0 radical (unpaired) electrons. The normalized spacial score (nSPS) is 13.1. The molecule has 348 valence electrons. The van der Waals surface area contributed by atoms with Crippen LogP contribution in [-0.4, -0.2) is 24.1 Å². The van der Waals surface area contributed by atoms with Gasteiger partial charge in [0.25, 0.3) is 0 Å². The average Bonchev–Trinajstić information content (AvgIpc) is 4.05. The van der Waals surface area contributed by atoms with Gasteiger partial charge in [-0.25, -0.2) is 0 Å². The Morgan fingerprint density at radius 1 is 0.536 bits per heavy atom. The Kier molecular flexibility index (Phi) is 11.9. The quantitative estimate of drug-likeness (QED) is 0.118. The molecule has 0 amide bonds. The Labute approximate surface area is 427 Å². The molecule has 0 unspecified atom stereocenters. The van der Waals surface area contributed by atoms with Crippen LogP contribution in [0.2, 0.25) is 0 Å². The topological polar surface area (TPSA) is 33.5 Å². The van der Waals surface area contributed by atoms with Crippen molar-refractivity contribution in [3.8, 4) is 39.6 Å². The van der Waals surface area contributed by atoms with Crippen LogP contribution in [0.3, 0.4) is 0 Å². The van der Waals surface area contributed by atoms with Crippen LogP contribution in [0.1, 0.15) is 79.0 Å². The van der Waals surface area contributed by atoms with E-state index < -0.39 is 0 Å². The molecule has 7 heteroatoms. The van der Waals surface area contributed by atoms with Crippen molar-refractivity contribution in [2.45, 2.75) is 78.6 Å². The second-order valence-corrected chi connectivity index (χ2v) is 22.9. The van der Waals surface area contributed by atoms with Crippen LogP contribution in [0.25, 0.3) is 59.7 Å². The van der Waals surface area contributed by atoms with Crippen molar-refractivity contribution in [3.05, 3.63) is 198 Å². The number of aromatic nitrogens is 2. The van der Waals surface area contributed by atoms with E-state index in [4.69, 9.17) is 9.72 Å². The summed E-state index contributed by atoms with van der Waals surface area (Å²) >= 11 is 0.184. The third-order valence-corrected chi connectivity index (χ3v) is 14.9. The summed E-state index contributed by atoms with van der Waals surface area (Å²) < 4.78 is 10.4. The molecule has 7 aromatic carbocycles. The predicted molar refractivity (Wildman–Crippen MR) is 286 cm³/mol. The van der Waals surface area contributed by atoms with Gasteiger partial charge >= 0.3 is 209 Å². The minimum atomic E-state index is -0.189. The molecule has 0 saturated heterocycles. The Morgan fingerprint density at radius 2 is 1.13 bits per heavy atom. The number of anilines is 4. The van der Waals surface area contributed by atoms with Crippen LogP contribution >= 0.6 is 0 Å². The molecule has 69 heavy (non-hydrogen) atoms. The Bertz CT molecular complexity index is 3470. The van der Waals surface area contributed by atoms with Gasteiger partial charge in [-0.05, 0) is 46.4 Å². The molecule has 11 rings (SSSR count). The second-order valence-electron chi connectivity index (χ2n) is 21.1. The summed E-state index contributed by atoms with van der Waals surface area (Å²) in [7, 11) is 0.